The van der Waals surface area contributed by atoms with Gasteiger partial charge in [0, 0.05) is 13.6 Å². The molecule has 3 N–H and O–H groups in total. The minimum Gasteiger partial charge on any atom is -0.350 e. The lowest BCUT2D eigenvalue weighted by molar-refractivity contribution is 0.0925. The first-order valence-corrected chi connectivity index (χ1v) is 7.66. The Bertz CT molecular complexity index is 455. The first-order valence-electron chi connectivity index (χ1n) is 7.66. The number of rotatable bonds is 5. The van der Waals surface area contributed by atoms with Crippen LogP contribution in [0.25, 0.3) is 0 Å². The van der Waals surface area contributed by atoms with Gasteiger partial charge in [-0.15, -0.1) is 0 Å². The summed E-state index contributed by atoms with van der Waals surface area (Å²) in [5.41, 5.74) is 7.42. The molecule has 1 heterocycles. The van der Waals surface area contributed by atoms with Gasteiger partial charge < -0.3 is 11.1 Å². The average molecular weight is 278 g/mol. The number of amides is 1. The lowest BCUT2D eigenvalue weighted by atomic mass is 9.79. The van der Waals surface area contributed by atoms with Gasteiger partial charge in [-0.05, 0) is 43.7 Å². The molecule has 1 aliphatic rings. The molecule has 2 rings (SSSR count). The maximum Gasteiger partial charge on any atom is 0.269 e. The second kappa shape index (κ2) is 6.88. The minimum absolute atomic E-state index is 0.0268. The van der Waals surface area contributed by atoms with E-state index in [1.807, 2.05) is 20.0 Å². The Morgan fingerprint density at radius 1 is 1.45 bits per heavy atom. The van der Waals surface area contributed by atoms with E-state index in [0.29, 0.717) is 17.5 Å². The molecule has 1 aliphatic carbocycles. The number of nitrogens with zero attached hydrogens (tertiary/aromatic N) is 2. The van der Waals surface area contributed by atoms with Gasteiger partial charge in [0.1, 0.15) is 5.69 Å². The van der Waals surface area contributed by atoms with E-state index in [-0.39, 0.29) is 5.91 Å². The molecule has 0 aliphatic heterocycles. The number of nitrogens with one attached hydrogen (secondary N) is 1. The topological polar surface area (TPSA) is 72.9 Å². The van der Waals surface area contributed by atoms with Gasteiger partial charge in [0.25, 0.3) is 5.91 Å². The molecule has 0 saturated heterocycles. The summed E-state index contributed by atoms with van der Waals surface area (Å²) in [6, 6.07) is 1.87. The quantitative estimate of drug-likeness (QED) is 0.857. The molecule has 5 nitrogen and oxygen atoms in total. The van der Waals surface area contributed by atoms with Gasteiger partial charge in [-0.25, -0.2) is 0 Å². The van der Waals surface area contributed by atoms with Crippen LogP contribution < -0.4 is 11.1 Å². The smallest absolute Gasteiger partial charge is 0.269 e. The second-order valence-corrected chi connectivity index (χ2v) is 5.75. The fraction of sp³-hybridized carbons (Fsp3) is 0.733. The van der Waals surface area contributed by atoms with E-state index < -0.39 is 0 Å². The zero-order valence-electron chi connectivity index (χ0n) is 12.6. The van der Waals surface area contributed by atoms with E-state index in [2.05, 4.69) is 10.4 Å². The maximum absolute atomic E-state index is 12.2. The highest BCUT2D eigenvalue weighted by Crippen LogP contribution is 2.28. The predicted molar refractivity (Wildman–Crippen MR) is 79.4 cm³/mol. The second-order valence-electron chi connectivity index (χ2n) is 5.75. The van der Waals surface area contributed by atoms with Crippen molar-refractivity contribution in [3.63, 3.8) is 0 Å². The number of carbonyl (C=O) groups excluding carboxylic acids is 1. The number of hydrogen-bond acceptors (Lipinski definition) is 3. The lowest BCUT2D eigenvalue weighted by Crippen LogP contribution is -2.37. The van der Waals surface area contributed by atoms with Crippen LogP contribution in [0.15, 0.2) is 6.07 Å². The van der Waals surface area contributed by atoms with Gasteiger partial charge >= 0.3 is 0 Å². The monoisotopic (exact) mass is 278 g/mol. The van der Waals surface area contributed by atoms with Crippen molar-refractivity contribution in [3.8, 4) is 0 Å². The van der Waals surface area contributed by atoms with Gasteiger partial charge in [-0.3, -0.25) is 9.48 Å². The number of carbonyl (C=O) groups is 1. The van der Waals surface area contributed by atoms with Gasteiger partial charge in [0.15, 0.2) is 0 Å². The molecule has 112 valence electrons. The minimum atomic E-state index is -0.0268. The number of hydrogen-bond donors (Lipinski definition) is 2. The van der Waals surface area contributed by atoms with Crippen LogP contribution >= 0.6 is 0 Å². The first kappa shape index (κ1) is 15.0. The van der Waals surface area contributed by atoms with Crippen molar-refractivity contribution >= 4 is 5.91 Å². The van der Waals surface area contributed by atoms with Gasteiger partial charge in [-0.1, -0.05) is 19.8 Å². The normalized spacial score (nSPS) is 22.8. The van der Waals surface area contributed by atoms with Crippen LogP contribution in [-0.4, -0.2) is 28.8 Å². The van der Waals surface area contributed by atoms with Crippen LogP contribution in [0.3, 0.4) is 0 Å². The Labute approximate surface area is 120 Å². The van der Waals surface area contributed by atoms with E-state index in [4.69, 9.17) is 5.73 Å². The van der Waals surface area contributed by atoms with Crippen molar-refractivity contribution in [2.45, 2.75) is 39.0 Å². The van der Waals surface area contributed by atoms with Crippen molar-refractivity contribution in [3.05, 3.63) is 17.5 Å². The zero-order chi connectivity index (χ0) is 14.5. The van der Waals surface area contributed by atoms with Gasteiger partial charge in [-0.2, -0.15) is 5.10 Å². The summed E-state index contributed by atoms with van der Waals surface area (Å²) in [6.45, 7) is 3.50. The summed E-state index contributed by atoms with van der Waals surface area (Å²) in [4.78, 5) is 12.2. The fourth-order valence-corrected chi connectivity index (χ4v) is 3.09. The summed E-state index contributed by atoms with van der Waals surface area (Å²) < 4.78 is 1.66. The van der Waals surface area contributed by atoms with Gasteiger partial charge in [0.2, 0.25) is 0 Å². The molecule has 5 heteroatoms. The van der Waals surface area contributed by atoms with E-state index in [1.54, 1.807) is 4.68 Å². The fourth-order valence-electron chi connectivity index (χ4n) is 3.09. The first-order chi connectivity index (χ1) is 9.65. The van der Waals surface area contributed by atoms with Crippen LogP contribution in [-0.2, 0) is 13.5 Å². The van der Waals surface area contributed by atoms with Gasteiger partial charge in [0.05, 0.1) is 5.69 Å². The van der Waals surface area contributed by atoms with Crippen LogP contribution in [0.1, 0.15) is 48.8 Å². The highest BCUT2D eigenvalue weighted by atomic mass is 16.2. The highest BCUT2D eigenvalue weighted by Gasteiger charge is 2.24. The Balaban J connectivity index is 1.92. The summed E-state index contributed by atoms with van der Waals surface area (Å²) in [6.07, 6.45) is 5.74. The summed E-state index contributed by atoms with van der Waals surface area (Å²) in [7, 11) is 1.82. The standard InChI is InChI=1S/C15H26N4O/c1-3-13-8-14(19(2)18-13)15(20)17-10-12-7-5-4-6-11(12)9-16/h8,11-12H,3-7,9-10,16H2,1-2H3,(H,17,20). The van der Waals surface area contributed by atoms with Crippen LogP contribution in [0.4, 0.5) is 0 Å². The van der Waals surface area contributed by atoms with Crippen molar-refractivity contribution in [1.82, 2.24) is 15.1 Å². The molecule has 1 amide bonds. The Morgan fingerprint density at radius 3 is 2.75 bits per heavy atom. The SMILES string of the molecule is CCc1cc(C(=O)NCC2CCCCC2CN)n(C)n1. The van der Waals surface area contributed by atoms with Crippen LogP contribution in [0, 0.1) is 11.8 Å². The van der Waals surface area contributed by atoms with Crippen molar-refractivity contribution in [2.24, 2.45) is 24.6 Å². The molecule has 2 unspecified atom stereocenters. The van der Waals surface area contributed by atoms with Crippen molar-refractivity contribution in [2.75, 3.05) is 13.1 Å². The number of aryl methyl sites for hydroxylation is 2. The van der Waals surface area contributed by atoms with Crippen molar-refractivity contribution in [1.29, 1.82) is 0 Å². The number of nitrogens with two attached hydrogens (primary N) is 1. The van der Waals surface area contributed by atoms with Crippen molar-refractivity contribution < 1.29 is 4.79 Å². The lowest BCUT2D eigenvalue weighted by Gasteiger charge is -2.30. The number of aromatic nitrogens is 2. The Morgan fingerprint density at radius 2 is 2.15 bits per heavy atom. The molecular formula is C15H26N4O. The highest BCUT2D eigenvalue weighted by molar-refractivity contribution is 5.92. The molecule has 0 radical (unpaired) electrons. The van der Waals surface area contributed by atoms with E-state index >= 15 is 0 Å². The molecule has 1 aromatic heterocycles. The largest absolute Gasteiger partial charge is 0.350 e. The third-order valence-electron chi connectivity index (χ3n) is 4.42. The molecular weight excluding hydrogens is 252 g/mol. The average Bonchev–Trinajstić information content (AvgIpc) is 2.86. The summed E-state index contributed by atoms with van der Waals surface area (Å²) >= 11 is 0. The third-order valence-corrected chi connectivity index (χ3v) is 4.42. The molecule has 0 spiro atoms. The zero-order valence-corrected chi connectivity index (χ0v) is 12.6. The van der Waals surface area contributed by atoms with E-state index in [1.165, 1.54) is 25.7 Å². The maximum atomic E-state index is 12.2. The summed E-state index contributed by atoms with van der Waals surface area (Å²) in [5, 5.41) is 7.37. The molecule has 1 fully saturated rings. The van der Waals surface area contributed by atoms with E-state index in [0.717, 1.165) is 25.2 Å². The van der Waals surface area contributed by atoms with E-state index in [9.17, 15) is 4.79 Å². The molecule has 20 heavy (non-hydrogen) atoms. The third kappa shape index (κ3) is 3.39. The molecule has 2 atom stereocenters. The van der Waals surface area contributed by atoms with Crippen LogP contribution in [0.2, 0.25) is 0 Å². The predicted octanol–water partition coefficient (Wildman–Crippen LogP) is 1.48. The molecule has 1 saturated carbocycles. The molecule has 0 aromatic carbocycles. The molecule has 0 bridgehead atoms. The Hall–Kier alpha value is -1.36. The molecule has 1 aromatic rings. The summed E-state index contributed by atoms with van der Waals surface area (Å²) in [5.74, 6) is 1.06. The van der Waals surface area contributed by atoms with Crippen LogP contribution in [0.5, 0.6) is 0 Å². The Kier molecular flexibility index (Phi) is 5.17.